The number of hydrogen-bond acceptors (Lipinski definition) is 3. The van der Waals surface area contributed by atoms with Gasteiger partial charge in [-0.05, 0) is 51.4 Å². The molecule has 1 aromatic rings. The molecule has 1 N–H and O–H groups in total. The number of aryl methyl sites for hydroxylation is 1. The first-order valence-electron chi connectivity index (χ1n) is 7.73. The Labute approximate surface area is 123 Å². The van der Waals surface area contributed by atoms with Crippen LogP contribution in [0.4, 0.5) is 5.69 Å². The molecule has 0 aromatic heterocycles. The molecule has 0 saturated carbocycles. The zero-order valence-electron chi connectivity index (χ0n) is 13.1. The summed E-state index contributed by atoms with van der Waals surface area (Å²) in [5.74, 6) is 0. The van der Waals surface area contributed by atoms with Gasteiger partial charge in [0.05, 0.1) is 6.61 Å². The third kappa shape index (κ3) is 3.74. The number of nitrogens with one attached hydrogen (secondary N) is 1. The summed E-state index contributed by atoms with van der Waals surface area (Å²) in [5, 5.41) is 3.36. The molecule has 0 aliphatic carbocycles. The molecular weight excluding hydrogens is 248 g/mol. The summed E-state index contributed by atoms with van der Waals surface area (Å²) in [4.78, 5) is 2.49. The van der Waals surface area contributed by atoms with Gasteiger partial charge in [0.2, 0.25) is 0 Å². The van der Waals surface area contributed by atoms with Gasteiger partial charge < -0.3 is 15.0 Å². The van der Waals surface area contributed by atoms with Crippen molar-refractivity contribution in [2.45, 2.75) is 26.7 Å². The Morgan fingerprint density at radius 1 is 1.40 bits per heavy atom. The van der Waals surface area contributed by atoms with Crippen molar-refractivity contribution in [3.05, 3.63) is 29.8 Å². The molecule has 1 saturated heterocycles. The standard InChI is InChI=1S/C17H28N2O/c1-4-19(16-8-5-7-15(2)11-16)13-17(12-18-3)9-6-10-20-14-17/h5,7-8,11,18H,4,6,9-10,12-14H2,1-3H3. The zero-order chi connectivity index (χ0) is 14.4. The SMILES string of the molecule is CCN(CC1(CNC)CCCOC1)c1cccc(C)c1. The van der Waals surface area contributed by atoms with Gasteiger partial charge in [0.25, 0.3) is 0 Å². The minimum Gasteiger partial charge on any atom is -0.381 e. The van der Waals surface area contributed by atoms with Gasteiger partial charge in [-0.25, -0.2) is 0 Å². The normalized spacial score (nSPS) is 22.8. The summed E-state index contributed by atoms with van der Waals surface area (Å²) in [7, 11) is 2.04. The van der Waals surface area contributed by atoms with E-state index >= 15 is 0 Å². The van der Waals surface area contributed by atoms with Gasteiger partial charge in [-0.3, -0.25) is 0 Å². The van der Waals surface area contributed by atoms with Crippen molar-refractivity contribution >= 4 is 5.69 Å². The van der Waals surface area contributed by atoms with E-state index in [0.29, 0.717) is 0 Å². The van der Waals surface area contributed by atoms with E-state index < -0.39 is 0 Å². The van der Waals surface area contributed by atoms with Crippen LogP contribution in [0.5, 0.6) is 0 Å². The van der Waals surface area contributed by atoms with Gasteiger partial charge >= 0.3 is 0 Å². The maximum absolute atomic E-state index is 5.78. The van der Waals surface area contributed by atoms with E-state index in [1.54, 1.807) is 0 Å². The predicted octanol–water partition coefficient (Wildman–Crippen LogP) is 2.84. The lowest BCUT2D eigenvalue weighted by molar-refractivity contribution is -0.00224. The first-order valence-corrected chi connectivity index (χ1v) is 7.73. The van der Waals surface area contributed by atoms with Crippen molar-refractivity contribution in [3.63, 3.8) is 0 Å². The number of anilines is 1. The molecule has 1 aliphatic heterocycles. The van der Waals surface area contributed by atoms with Crippen LogP contribution in [0.1, 0.15) is 25.3 Å². The average Bonchev–Trinajstić information content (AvgIpc) is 2.46. The molecule has 0 amide bonds. The lowest BCUT2D eigenvalue weighted by Crippen LogP contribution is -2.48. The van der Waals surface area contributed by atoms with Gasteiger partial charge in [0.1, 0.15) is 0 Å². The molecule has 1 aliphatic rings. The average molecular weight is 276 g/mol. The van der Waals surface area contributed by atoms with Crippen LogP contribution in [0.15, 0.2) is 24.3 Å². The molecule has 1 atom stereocenters. The fourth-order valence-corrected chi connectivity index (χ4v) is 3.22. The van der Waals surface area contributed by atoms with Gasteiger partial charge in [0, 0.05) is 37.3 Å². The minimum absolute atomic E-state index is 0.243. The van der Waals surface area contributed by atoms with Crippen molar-refractivity contribution in [2.75, 3.05) is 44.8 Å². The summed E-state index contributed by atoms with van der Waals surface area (Å²) in [6, 6.07) is 8.80. The highest BCUT2D eigenvalue weighted by Gasteiger charge is 2.34. The fourth-order valence-electron chi connectivity index (χ4n) is 3.22. The molecule has 0 spiro atoms. The molecule has 1 heterocycles. The largest absolute Gasteiger partial charge is 0.381 e. The third-order valence-corrected chi connectivity index (χ3v) is 4.23. The lowest BCUT2D eigenvalue weighted by Gasteiger charge is -2.41. The van der Waals surface area contributed by atoms with Crippen molar-refractivity contribution in [2.24, 2.45) is 5.41 Å². The summed E-state index contributed by atoms with van der Waals surface area (Å²) < 4.78 is 5.78. The van der Waals surface area contributed by atoms with Crippen LogP contribution in [-0.2, 0) is 4.74 Å². The molecule has 1 fully saturated rings. The Kier molecular flexibility index (Phi) is 5.44. The zero-order valence-corrected chi connectivity index (χ0v) is 13.1. The number of ether oxygens (including phenoxy) is 1. The highest BCUT2D eigenvalue weighted by molar-refractivity contribution is 5.48. The third-order valence-electron chi connectivity index (χ3n) is 4.23. The van der Waals surface area contributed by atoms with E-state index in [2.05, 4.69) is 48.3 Å². The van der Waals surface area contributed by atoms with Crippen molar-refractivity contribution in [3.8, 4) is 0 Å². The molecule has 1 aromatic carbocycles. The molecule has 20 heavy (non-hydrogen) atoms. The first kappa shape index (κ1) is 15.3. The summed E-state index contributed by atoms with van der Waals surface area (Å²) in [6.45, 7) is 9.31. The predicted molar refractivity (Wildman–Crippen MR) is 85.5 cm³/mol. The smallest absolute Gasteiger partial charge is 0.0551 e. The van der Waals surface area contributed by atoms with Crippen LogP contribution < -0.4 is 10.2 Å². The van der Waals surface area contributed by atoms with E-state index in [4.69, 9.17) is 4.74 Å². The molecule has 112 valence electrons. The monoisotopic (exact) mass is 276 g/mol. The van der Waals surface area contributed by atoms with E-state index in [-0.39, 0.29) is 5.41 Å². The Morgan fingerprint density at radius 2 is 2.25 bits per heavy atom. The van der Waals surface area contributed by atoms with Crippen LogP contribution in [0.25, 0.3) is 0 Å². The van der Waals surface area contributed by atoms with Crippen molar-refractivity contribution in [1.82, 2.24) is 5.32 Å². The van der Waals surface area contributed by atoms with Crippen LogP contribution in [-0.4, -0.2) is 39.9 Å². The molecule has 0 bridgehead atoms. The van der Waals surface area contributed by atoms with Gasteiger partial charge in [-0.1, -0.05) is 12.1 Å². The molecular formula is C17H28N2O. The van der Waals surface area contributed by atoms with E-state index in [0.717, 1.165) is 32.8 Å². The Hall–Kier alpha value is -1.06. The maximum atomic E-state index is 5.78. The molecule has 1 unspecified atom stereocenters. The van der Waals surface area contributed by atoms with Gasteiger partial charge in [-0.15, -0.1) is 0 Å². The van der Waals surface area contributed by atoms with Crippen molar-refractivity contribution < 1.29 is 4.74 Å². The Balaban J connectivity index is 2.14. The maximum Gasteiger partial charge on any atom is 0.0551 e. The van der Waals surface area contributed by atoms with Crippen LogP contribution >= 0.6 is 0 Å². The summed E-state index contributed by atoms with van der Waals surface area (Å²) in [5.41, 5.74) is 2.89. The second-order valence-corrected chi connectivity index (χ2v) is 6.04. The molecule has 2 rings (SSSR count). The van der Waals surface area contributed by atoms with Gasteiger partial charge in [0.15, 0.2) is 0 Å². The van der Waals surface area contributed by atoms with Gasteiger partial charge in [-0.2, -0.15) is 0 Å². The Bertz CT molecular complexity index is 408. The number of nitrogens with zero attached hydrogens (tertiary/aromatic N) is 1. The van der Waals surface area contributed by atoms with Crippen molar-refractivity contribution in [1.29, 1.82) is 0 Å². The fraction of sp³-hybridized carbons (Fsp3) is 0.647. The number of benzene rings is 1. The van der Waals surface area contributed by atoms with E-state index in [9.17, 15) is 0 Å². The summed E-state index contributed by atoms with van der Waals surface area (Å²) in [6.07, 6.45) is 2.42. The highest BCUT2D eigenvalue weighted by Crippen LogP contribution is 2.31. The van der Waals surface area contributed by atoms with E-state index in [1.807, 2.05) is 7.05 Å². The van der Waals surface area contributed by atoms with E-state index in [1.165, 1.54) is 24.1 Å². The topological polar surface area (TPSA) is 24.5 Å². The first-order chi connectivity index (χ1) is 9.69. The molecule has 3 nitrogen and oxygen atoms in total. The van der Waals surface area contributed by atoms with Crippen LogP contribution in [0, 0.1) is 12.3 Å². The second kappa shape index (κ2) is 7.09. The highest BCUT2D eigenvalue weighted by atomic mass is 16.5. The number of hydrogen-bond donors (Lipinski definition) is 1. The number of rotatable bonds is 6. The second-order valence-electron chi connectivity index (χ2n) is 6.04. The van der Waals surface area contributed by atoms with Crippen LogP contribution in [0.2, 0.25) is 0 Å². The molecule has 3 heteroatoms. The van der Waals surface area contributed by atoms with Crippen LogP contribution in [0.3, 0.4) is 0 Å². The quantitative estimate of drug-likeness (QED) is 0.864. The minimum atomic E-state index is 0.243. The lowest BCUT2D eigenvalue weighted by atomic mass is 9.81. The Morgan fingerprint density at radius 3 is 2.85 bits per heavy atom. The summed E-state index contributed by atoms with van der Waals surface area (Å²) >= 11 is 0. The molecule has 0 radical (unpaired) electrons.